The quantitative estimate of drug-likeness (QED) is 0.624. The average Bonchev–Trinajstić information content (AvgIpc) is 2.92. The van der Waals surface area contributed by atoms with Crippen molar-refractivity contribution in [2.24, 2.45) is 11.3 Å². The number of aliphatic hydroxyl groups is 1. The van der Waals surface area contributed by atoms with Crippen molar-refractivity contribution in [2.45, 2.75) is 11.8 Å². The molecule has 0 fully saturated rings. The van der Waals surface area contributed by atoms with Gasteiger partial charge in [-0.15, -0.1) is 0 Å². The summed E-state index contributed by atoms with van der Waals surface area (Å²) in [4.78, 5) is 37.8. The molecule has 0 saturated carbocycles. The van der Waals surface area contributed by atoms with Gasteiger partial charge in [0.25, 0.3) is 0 Å². The fourth-order valence-corrected chi connectivity index (χ4v) is 4.33. The second-order valence-corrected chi connectivity index (χ2v) is 6.30. The molecule has 27 heavy (non-hydrogen) atoms. The first kappa shape index (κ1) is 18.5. The minimum Gasteiger partial charge on any atom is -0.511 e. The smallest absolute Gasteiger partial charge is 0.337 e. The van der Waals surface area contributed by atoms with E-state index in [1.807, 2.05) is 6.07 Å². The van der Waals surface area contributed by atoms with E-state index in [1.54, 1.807) is 24.3 Å². The summed E-state index contributed by atoms with van der Waals surface area (Å²) in [6.07, 6.45) is 0. The minimum atomic E-state index is -1.92. The normalized spacial score (nSPS) is 28.0. The molecule has 1 N–H and O–H groups in total. The predicted molar refractivity (Wildman–Crippen MR) is 89.2 cm³/mol. The SMILES string of the molecule is COC(=O)C1=C(O)[C@@H](C(=O)OC)[C@H]2c3ccccc3[C@H]1[C@]2(C#N)C(=O)OC. The van der Waals surface area contributed by atoms with Gasteiger partial charge >= 0.3 is 17.9 Å². The third kappa shape index (κ3) is 2.18. The maximum Gasteiger partial charge on any atom is 0.337 e. The van der Waals surface area contributed by atoms with Crippen molar-refractivity contribution in [3.8, 4) is 6.07 Å². The van der Waals surface area contributed by atoms with Crippen LogP contribution in [0.2, 0.25) is 0 Å². The monoisotopic (exact) mass is 371 g/mol. The summed E-state index contributed by atoms with van der Waals surface area (Å²) in [6, 6.07) is 8.64. The molecule has 2 bridgehead atoms. The first-order valence-corrected chi connectivity index (χ1v) is 8.08. The van der Waals surface area contributed by atoms with Gasteiger partial charge in [-0.1, -0.05) is 24.3 Å². The zero-order chi connectivity index (χ0) is 19.9. The van der Waals surface area contributed by atoms with Gasteiger partial charge in [-0.2, -0.15) is 5.26 Å². The number of carbonyl (C=O) groups excluding carboxylic acids is 3. The number of hydrogen-bond donors (Lipinski definition) is 1. The lowest BCUT2D eigenvalue weighted by atomic mass is 9.60. The molecule has 1 aromatic carbocycles. The van der Waals surface area contributed by atoms with Gasteiger partial charge in [0.05, 0.1) is 33.0 Å². The second-order valence-electron chi connectivity index (χ2n) is 6.30. The topological polar surface area (TPSA) is 123 Å². The van der Waals surface area contributed by atoms with Crippen molar-refractivity contribution in [2.75, 3.05) is 21.3 Å². The second kappa shape index (κ2) is 6.43. The first-order valence-electron chi connectivity index (χ1n) is 8.08. The van der Waals surface area contributed by atoms with Crippen LogP contribution in [0.4, 0.5) is 0 Å². The third-order valence-corrected chi connectivity index (χ3v) is 5.35. The minimum absolute atomic E-state index is 0.318. The highest BCUT2D eigenvalue weighted by Gasteiger charge is 2.69. The van der Waals surface area contributed by atoms with Crippen LogP contribution in [-0.4, -0.2) is 44.3 Å². The molecule has 0 aromatic heterocycles. The Bertz CT molecular complexity index is 913. The molecule has 140 valence electrons. The predicted octanol–water partition coefficient (Wildman–Crippen LogP) is 1.34. The van der Waals surface area contributed by atoms with Crippen molar-refractivity contribution in [1.82, 2.24) is 0 Å². The van der Waals surface area contributed by atoms with Gasteiger partial charge in [-0.05, 0) is 11.1 Å². The summed E-state index contributed by atoms with van der Waals surface area (Å²) in [5.41, 5.74) is -1.27. The van der Waals surface area contributed by atoms with Crippen LogP contribution in [0.1, 0.15) is 23.0 Å². The summed E-state index contributed by atoms with van der Waals surface area (Å²) < 4.78 is 14.4. The van der Waals surface area contributed by atoms with Crippen LogP contribution in [0.5, 0.6) is 0 Å². The number of nitrogens with zero attached hydrogens (tertiary/aromatic N) is 1. The van der Waals surface area contributed by atoms with Gasteiger partial charge in [-0.25, -0.2) is 4.79 Å². The Morgan fingerprint density at radius 3 is 2.22 bits per heavy atom. The van der Waals surface area contributed by atoms with E-state index in [2.05, 4.69) is 0 Å². The summed E-state index contributed by atoms with van der Waals surface area (Å²) in [6.45, 7) is 0. The van der Waals surface area contributed by atoms with Crippen molar-refractivity contribution in [3.05, 3.63) is 46.7 Å². The van der Waals surface area contributed by atoms with Crippen molar-refractivity contribution in [3.63, 3.8) is 0 Å². The molecular formula is C19H17NO7. The number of esters is 3. The van der Waals surface area contributed by atoms with Crippen LogP contribution in [0.3, 0.4) is 0 Å². The van der Waals surface area contributed by atoms with Crippen LogP contribution in [0, 0.1) is 22.7 Å². The van der Waals surface area contributed by atoms with E-state index in [-0.39, 0.29) is 5.57 Å². The van der Waals surface area contributed by atoms with E-state index in [4.69, 9.17) is 14.2 Å². The molecule has 3 rings (SSSR count). The summed E-state index contributed by atoms with van der Waals surface area (Å²) in [5.74, 6) is -6.92. The third-order valence-electron chi connectivity index (χ3n) is 5.35. The largest absolute Gasteiger partial charge is 0.511 e. The lowest BCUT2D eigenvalue weighted by Gasteiger charge is -2.39. The Balaban J connectivity index is 2.46. The number of benzene rings is 1. The summed E-state index contributed by atoms with van der Waals surface area (Å²) in [5, 5.41) is 20.9. The number of rotatable bonds is 3. The molecule has 0 saturated heterocycles. The molecule has 8 heteroatoms. The van der Waals surface area contributed by atoms with Crippen molar-refractivity contribution in [1.29, 1.82) is 5.26 Å². The summed E-state index contributed by atoms with van der Waals surface area (Å²) in [7, 11) is 3.34. The molecule has 8 nitrogen and oxygen atoms in total. The van der Waals surface area contributed by atoms with Crippen LogP contribution in [0.15, 0.2) is 35.6 Å². The van der Waals surface area contributed by atoms with E-state index < -0.39 is 46.8 Å². The molecule has 0 amide bonds. The Morgan fingerprint density at radius 1 is 1.07 bits per heavy atom. The highest BCUT2D eigenvalue weighted by Crippen LogP contribution is 2.65. The van der Waals surface area contributed by atoms with Gasteiger partial charge in [0.15, 0.2) is 5.41 Å². The van der Waals surface area contributed by atoms with Crippen molar-refractivity contribution >= 4 is 17.9 Å². The first-order chi connectivity index (χ1) is 12.9. The van der Waals surface area contributed by atoms with Gasteiger partial charge in [0.2, 0.25) is 0 Å². The Hall–Kier alpha value is -3.34. The van der Waals surface area contributed by atoms with E-state index >= 15 is 0 Å². The molecule has 0 heterocycles. The summed E-state index contributed by atoms with van der Waals surface area (Å²) >= 11 is 0. The van der Waals surface area contributed by atoms with Crippen LogP contribution >= 0.6 is 0 Å². The Labute approximate surface area is 154 Å². The van der Waals surface area contributed by atoms with E-state index in [1.165, 1.54) is 0 Å². The van der Waals surface area contributed by atoms with Crippen molar-refractivity contribution < 1.29 is 33.7 Å². The average molecular weight is 371 g/mol. The lowest BCUT2D eigenvalue weighted by molar-refractivity contribution is -0.156. The highest BCUT2D eigenvalue weighted by atomic mass is 16.5. The molecular weight excluding hydrogens is 354 g/mol. The molecule has 2 aliphatic rings. The highest BCUT2D eigenvalue weighted by molar-refractivity contribution is 5.99. The molecule has 1 aromatic rings. The fourth-order valence-electron chi connectivity index (χ4n) is 4.33. The van der Waals surface area contributed by atoms with Gasteiger partial charge in [0, 0.05) is 11.8 Å². The number of fused-ring (bicyclic) bond motifs is 5. The lowest BCUT2D eigenvalue weighted by Crippen LogP contribution is -2.48. The standard InChI is InChI=1S/C19H17NO7/c1-25-16(22)11-13-9-6-4-5-7-10(9)14(12(15(11)21)17(23)26-2)19(13,8-20)18(24)27-3/h4-7,11,13-14,21H,1-3H3/t11-,13+,14+,19+/m0/s1. The molecule has 0 radical (unpaired) electrons. The van der Waals surface area contributed by atoms with Crippen LogP contribution in [0.25, 0.3) is 0 Å². The van der Waals surface area contributed by atoms with E-state index in [9.17, 15) is 24.8 Å². The van der Waals surface area contributed by atoms with E-state index in [0.29, 0.717) is 11.1 Å². The number of carbonyl (C=O) groups is 3. The zero-order valence-corrected chi connectivity index (χ0v) is 14.9. The fraction of sp³-hybridized carbons (Fsp3) is 0.368. The molecule has 4 atom stereocenters. The van der Waals surface area contributed by atoms with Gasteiger partial charge < -0.3 is 19.3 Å². The Kier molecular flexibility index (Phi) is 4.39. The maximum absolute atomic E-state index is 12.8. The number of methoxy groups -OCH3 is 3. The van der Waals surface area contributed by atoms with Gasteiger partial charge in [-0.3, -0.25) is 9.59 Å². The molecule has 0 aliphatic heterocycles. The molecule has 0 spiro atoms. The molecule has 0 unspecified atom stereocenters. The van der Waals surface area contributed by atoms with Crippen LogP contribution in [-0.2, 0) is 28.6 Å². The maximum atomic E-state index is 12.8. The number of nitriles is 1. The number of ether oxygens (including phenoxy) is 3. The number of hydrogen-bond acceptors (Lipinski definition) is 8. The van der Waals surface area contributed by atoms with Gasteiger partial charge in [0.1, 0.15) is 11.7 Å². The Morgan fingerprint density at radius 2 is 1.70 bits per heavy atom. The van der Waals surface area contributed by atoms with Crippen LogP contribution < -0.4 is 0 Å². The van der Waals surface area contributed by atoms with E-state index in [0.717, 1.165) is 21.3 Å². The molecule has 2 aliphatic carbocycles. The zero-order valence-electron chi connectivity index (χ0n) is 14.9. The number of aliphatic hydroxyl groups excluding tert-OH is 1.